The van der Waals surface area contributed by atoms with Gasteiger partial charge in [-0.05, 0) is 37.3 Å². The van der Waals surface area contributed by atoms with E-state index in [1.165, 1.54) is 38.3 Å². The Morgan fingerprint density at radius 1 is 0.795 bits per heavy atom. The third-order valence-electron chi connectivity index (χ3n) is 7.55. The van der Waals surface area contributed by atoms with Gasteiger partial charge in [0.05, 0.1) is 19.8 Å². The Kier molecular flexibility index (Phi) is 8.90. The molecule has 10 atom stereocenters. The van der Waals surface area contributed by atoms with Crippen molar-refractivity contribution in [2.24, 2.45) is 0 Å². The van der Waals surface area contributed by atoms with E-state index in [9.17, 15) is 50.8 Å². The van der Waals surface area contributed by atoms with E-state index in [0.29, 0.717) is 0 Å². The van der Waals surface area contributed by atoms with Gasteiger partial charge >= 0.3 is 0 Å². The maximum Gasteiger partial charge on any atom is 0.239 e. The van der Waals surface area contributed by atoms with Crippen LogP contribution < -0.4 is 14.9 Å². The zero-order valence-electron chi connectivity index (χ0n) is 23.3. The molecule has 240 valence electrons. The topological polar surface area (TPSA) is 258 Å². The molecule has 16 nitrogen and oxygen atoms in total. The Morgan fingerprint density at radius 3 is 2.16 bits per heavy atom. The largest absolute Gasteiger partial charge is 0.504 e. The van der Waals surface area contributed by atoms with Gasteiger partial charge < -0.3 is 74.1 Å². The van der Waals surface area contributed by atoms with E-state index in [2.05, 4.69) is 0 Å². The second-order valence-corrected chi connectivity index (χ2v) is 10.4. The lowest BCUT2D eigenvalue weighted by atomic mass is 9.98. The maximum absolute atomic E-state index is 13.7. The summed E-state index contributed by atoms with van der Waals surface area (Å²) in [7, 11) is 1.29. The van der Waals surface area contributed by atoms with Crippen LogP contribution in [0.3, 0.4) is 0 Å². The number of phenols is 3. The molecule has 2 saturated heterocycles. The van der Waals surface area contributed by atoms with E-state index >= 15 is 0 Å². The molecule has 5 rings (SSSR count). The molecule has 16 heteroatoms. The van der Waals surface area contributed by atoms with Gasteiger partial charge in [-0.15, -0.1) is 0 Å². The van der Waals surface area contributed by atoms with Crippen molar-refractivity contribution in [3.8, 4) is 40.1 Å². The van der Waals surface area contributed by atoms with Crippen molar-refractivity contribution in [2.75, 3.05) is 13.7 Å². The van der Waals surface area contributed by atoms with Crippen molar-refractivity contribution in [1.82, 2.24) is 0 Å². The van der Waals surface area contributed by atoms with Gasteiger partial charge in [-0.2, -0.15) is 0 Å². The number of benzene rings is 2. The second-order valence-electron chi connectivity index (χ2n) is 10.4. The van der Waals surface area contributed by atoms with Crippen molar-refractivity contribution in [3.63, 3.8) is 0 Å². The first-order valence-electron chi connectivity index (χ1n) is 13.4. The van der Waals surface area contributed by atoms with Crippen LogP contribution in [0.1, 0.15) is 6.92 Å². The van der Waals surface area contributed by atoms with Gasteiger partial charge in [-0.1, -0.05) is 0 Å². The quantitative estimate of drug-likeness (QED) is 0.137. The lowest BCUT2D eigenvalue weighted by Crippen LogP contribution is -2.61. The predicted octanol–water partition coefficient (Wildman–Crippen LogP) is -1.38. The molecule has 2 fully saturated rings. The first kappa shape index (κ1) is 31.7. The maximum atomic E-state index is 13.7. The van der Waals surface area contributed by atoms with Gasteiger partial charge in [0.25, 0.3) is 0 Å². The number of hydrogen-bond donors (Lipinski definition) is 9. The van der Waals surface area contributed by atoms with Crippen LogP contribution in [0.15, 0.2) is 39.5 Å². The monoisotopic (exact) mass is 624 g/mol. The fourth-order valence-corrected chi connectivity index (χ4v) is 4.96. The van der Waals surface area contributed by atoms with E-state index in [4.69, 9.17) is 28.1 Å². The highest BCUT2D eigenvalue weighted by Crippen LogP contribution is 2.40. The van der Waals surface area contributed by atoms with E-state index in [-0.39, 0.29) is 28.4 Å². The molecule has 3 heterocycles. The van der Waals surface area contributed by atoms with Crippen LogP contribution in [0, 0.1) is 0 Å². The smallest absolute Gasteiger partial charge is 0.239 e. The SMILES string of the molecule is COc1cc(-c2oc3ccc(O)c(O)c3c(=O)c2OC2OC(COC3OC(C)C(O)C(O)C3O)C(O)C(O)C2O)ccc1O. The average Bonchev–Trinajstić information content (AvgIpc) is 3.01. The zero-order valence-corrected chi connectivity index (χ0v) is 23.3. The molecule has 0 aliphatic carbocycles. The first-order chi connectivity index (χ1) is 20.8. The highest BCUT2D eigenvalue weighted by Gasteiger charge is 2.48. The molecule has 0 radical (unpaired) electrons. The lowest BCUT2D eigenvalue weighted by molar-refractivity contribution is -0.318. The molecular formula is C28H32O16. The highest BCUT2D eigenvalue weighted by molar-refractivity contribution is 5.89. The van der Waals surface area contributed by atoms with Crippen molar-refractivity contribution < 1.29 is 74.1 Å². The van der Waals surface area contributed by atoms with E-state index in [1.807, 2.05) is 0 Å². The molecule has 2 aliphatic rings. The number of ether oxygens (including phenoxy) is 5. The van der Waals surface area contributed by atoms with Gasteiger partial charge in [0.1, 0.15) is 53.7 Å². The molecule has 0 saturated carbocycles. The van der Waals surface area contributed by atoms with Gasteiger partial charge in [0, 0.05) is 5.56 Å². The number of hydrogen-bond acceptors (Lipinski definition) is 16. The fourth-order valence-electron chi connectivity index (χ4n) is 4.96. The van der Waals surface area contributed by atoms with Gasteiger partial charge in [0.2, 0.25) is 17.5 Å². The first-order valence-corrected chi connectivity index (χ1v) is 13.4. The highest BCUT2D eigenvalue weighted by atomic mass is 16.7. The van der Waals surface area contributed by atoms with Crippen molar-refractivity contribution >= 4 is 11.0 Å². The molecule has 0 bridgehead atoms. The Balaban J connectivity index is 1.49. The molecule has 1 aromatic heterocycles. The fraction of sp³-hybridized carbons (Fsp3) is 0.464. The summed E-state index contributed by atoms with van der Waals surface area (Å²) < 4.78 is 33.2. The second kappa shape index (κ2) is 12.4. The number of methoxy groups -OCH3 is 1. The number of aliphatic hydroxyl groups excluding tert-OH is 6. The molecule has 3 aromatic rings. The minimum absolute atomic E-state index is 0.00599. The normalized spacial score (nSPS) is 32.5. The minimum atomic E-state index is -1.95. The predicted molar refractivity (Wildman–Crippen MR) is 145 cm³/mol. The Morgan fingerprint density at radius 2 is 1.45 bits per heavy atom. The van der Waals surface area contributed by atoms with E-state index < -0.39 is 96.1 Å². The molecule has 0 spiro atoms. The Labute approximate surface area is 248 Å². The van der Waals surface area contributed by atoms with Crippen LogP contribution in [0.5, 0.6) is 28.7 Å². The van der Waals surface area contributed by atoms with Crippen LogP contribution in [-0.2, 0) is 14.2 Å². The van der Waals surface area contributed by atoms with E-state index in [1.54, 1.807) is 0 Å². The summed E-state index contributed by atoms with van der Waals surface area (Å²) in [5, 5.41) is 92.0. The zero-order chi connectivity index (χ0) is 32.0. The third kappa shape index (κ3) is 5.63. The number of aromatic hydroxyl groups is 3. The van der Waals surface area contributed by atoms with Crippen molar-refractivity contribution in [3.05, 3.63) is 40.6 Å². The number of rotatable bonds is 7. The third-order valence-corrected chi connectivity index (χ3v) is 7.55. The summed E-state index contributed by atoms with van der Waals surface area (Å²) >= 11 is 0. The molecule has 9 N–H and O–H groups in total. The average molecular weight is 625 g/mol. The minimum Gasteiger partial charge on any atom is -0.504 e. The molecule has 44 heavy (non-hydrogen) atoms. The summed E-state index contributed by atoms with van der Waals surface area (Å²) in [5.74, 6) is -2.65. The van der Waals surface area contributed by atoms with Gasteiger partial charge in [-0.25, -0.2) is 0 Å². The summed E-state index contributed by atoms with van der Waals surface area (Å²) in [5.41, 5.74) is -1.06. The number of phenolic OH excluding ortho intramolecular Hbond substituents is 3. The van der Waals surface area contributed by atoms with Crippen LogP contribution in [0.4, 0.5) is 0 Å². The lowest BCUT2D eigenvalue weighted by Gasteiger charge is -2.42. The molecule has 10 unspecified atom stereocenters. The molecular weight excluding hydrogens is 592 g/mol. The standard InChI is InChI=1S/C28H32O16/c1-9-17(31)21(35)23(37)27(41-9)40-8-15-19(33)22(36)24(38)28(43-15)44-26-20(34)16-13(6-5-12(30)18(16)32)42-25(26)10-3-4-11(29)14(7-10)39-2/h3-7,9,15,17,19,21-24,27-33,35-38H,8H2,1-2H3. The molecule has 2 aromatic carbocycles. The van der Waals surface area contributed by atoms with Gasteiger partial charge in [0.15, 0.2) is 35.0 Å². The van der Waals surface area contributed by atoms with Crippen LogP contribution in [-0.4, -0.2) is 121 Å². The summed E-state index contributed by atoms with van der Waals surface area (Å²) in [6, 6.07) is 6.21. The van der Waals surface area contributed by atoms with Gasteiger partial charge in [-0.3, -0.25) is 4.79 Å². The Hall–Kier alpha value is -3.71. The number of aliphatic hydroxyl groups is 6. The van der Waals surface area contributed by atoms with E-state index in [0.717, 1.165) is 6.07 Å². The van der Waals surface area contributed by atoms with Crippen LogP contribution in [0.2, 0.25) is 0 Å². The molecule has 2 aliphatic heterocycles. The number of fused-ring (bicyclic) bond motifs is 1. The molecule has 0 amide bonds. The Bertz CT molecular complexity index is 1560. The van der Waals surface area contributed by atoms with Crippen LogP contribution >= 0.6 is 0 Å². The summed E-state index contributed by atoms with van der Waals surface area (Å²) in [6.45, 7) is 0.838. The summed E-state index contributed by atoms with van der Waals surface area (Å²) in [6.07, 6.45) is -16.1. The van der Waals surface area contributed by atoms with Crippen molar-refractivity contribution in [1.29, 1.82) is 0 Å². The van der Waals surface area contributed by atoms with Crippen LogP contribution in [0.25, 0.3) is 22.3 Å². The van der Waals surface area contributed by atoms with Crippen molar-refractivity contribution in [2.45, 2.75) is 68.3 Å². The summed E-state index contributed by atoms with van der Waals surface area (Å²) in [4.78, 5) is 13.7.